The lowest BCUT2D eigenvalue weighted by molar-refractivity contribution is 1.18. The summed E-state index contributed by atoms with van der Waals surface area (Å²) in [6.45, 7) is 0. The first kappa shape index (κ1) is 27.5. The monoisotopic (exact) mass is 689 g/mol. The highest BCUT2D eigenvalue weighted by molar-refractivity contribution is 6.17. The van der Waals surface area contributed by atoms with E-state index in [1.165, 1.54) is 5.56 Å². The van der Waals surface area contributed by atoms with Crippen molar-refractivity contribution in [2.24, 2.45) is 0 Å². The number of fused-ring (bicyclic) bond motifs is 7. The fraction of sp³-hybridized carbons (Fsp3) is 0. The molecular weight excluding hydrogens is 653 g/mol. The molecule has 0 radical (unpaired) electrons. The van der Waals surface area contributed by atoms with Gasteiger partial charge >= 0.3 is 0 Å². The van der Waals surface area contributed by atoms with E-state index < -0.39 is 0 Å². The molecule has 11 rings (SSSR count). The zero-order valence-electron chi connectivity index (χ0n) is 32.3. The standard InChI is InChI=1S/C52H34N2/c1-3-12-35(13-4-1)37-24-28-43(29-25-37)53-48-20-10-9-18-45(48)46-33-39(26-30-49(46)53)40-27-31-50-47(34-40)52-44(41-23-22-36-14-7-8-15-38(36)32-41)19-11-21-51(52)54(50)42-16-5-2-6-17-42/h1-34H/i27D,31D,34D. The summed E-state index contributed by atoms with van der Waals surface area (Å²) in [6.07, 6.45) is 0. The van der Waals surface area contributed by atoms with Crippen molar-refractivity contribution in [2.45, 2.75) is 0 Å². The number of rotatable bonds is 5. The third kappa shape index (κ3) is 4.81. The molecule has 2 nitrogen and oxygen atoms in total. The van der Waals surface area contributed by atoms with E-state index in [1.807, 2.05) is 42.5 Å². The molecule has 0 bridgehead atoms. The van der Waals surface area contributed by atoms with Crippen molar-refractivity contribution in [1.29, 1.82) is 0 Å². The molecule has 0 amide bonds. The van der Waals surface area contributed by atoms with E-state index in [4.69, 9.17) is 0 Å². The van der Waals surface area contributed by atoms with E-state index >= 15 is 0 Å². The van der Waals surface area contributed by atoms with Gasteiger partial charge in [0.1, 0.15) is 0 Å². The van der Waals surface area contributed by atoms with Crippen molar-refractivity contribution in [1.82, 2.24) is 9.13 Å². The maximum Gasteiger partial charge on any atom is 0.0645 e. The van der Waals surface area contributed by atoms with E-state index in [2.05, 4.69) is 155 Å². The van der Waals surface area contributed by atoms with E-state index in [1.54, 1.807) is 0 Å². The molecule has 0 aliphatic carbocycles. The van der Waals surface area contributed by atoms with Crippen molar-refractivity contribution in [2.75, 3.05) is 0 Å². The first-order valence-electron chi connectivity index (χ1n) is 19.9. The second-order valence-electron chi connectivity index (χ2n) is 13.9. The summed E-state index contributed by atoms with van der Waals surface area (Å²) in [6, 6.07) is 65.2. The van der Waals surface area contributed by atoms with Gasteiger partial charge in [-0.25, -0.2) is 0 Å². The fourth-order valence-electron chi connectivity index (χ4n) is 8.29. The van der Waals surface area contributed by atoms with Gasteiger partial charge in [-0.3, -0.25) is 0 Å². The lowest BCUT2D eigenvalue weighted by atomic mass is 9.95. The molecule has 0 aliphatic rings. The van der Waals surface area contributed by atoms with E-state index in [-0.39, 0.29) is 18.1 Å². The van der Waals surface area contributed by atoms with Crippen LogP contribution < -0.4 is 0 Å². The predicted molar refractivity (Wildman–Crippen MR) is 229 cm³/mol. The maximum atomic E-state index is 10.0. The average Bonchev–Trinajstić information content (AvgIpc) is 3.80. The molecule has 0 saturated heterocycles. The Bertz CT molecular complexity index is 3360. The third-order valence-electron chi connectivity index (χ3n) is 10.8. The third-order valence-corrected chi connectivity index (χ3v) is 10.8. The molecule has 0 aliphatic heterocycles. The van der Waals surface area contributed by atoms with E-state index in [0.29, 0.717) is 16.5 Å². The van der Waals surface area contributed by atoms with E-state index in [0.717, 1.165) is 77.1 Å². The first-order valence-corrected chi connectivity index (χ1v) is 18.4. The Hall–Kier alpha value is -7.16. The zero-order valence-corrected chi connectivity index (χ0v) is 29.3. The van der Waals surface area contributed by atoms with Gasteiger partial charge in [0.05, 0.1) is 26.2 Å². The van der Waals surface area contributed by atoms with Crippen LogP contribution in [-0.4, -0.2) is 9.13 Å². The lowest BCUT2D eigenvalue weighted by Gasteiger charge is -2.10. The second-order valence-corrected chi connectivity index (χ2v) is 13.9. The van der Waals surface area contributed by atoms with Gasteiger partial charge in [0, 0.05) is 32.9 Å². The largest absolute Gasteiger partial charge is 0.309 e. The summed E-state index contributed by atoms with van der Waals surface area (Å²) < 4.78 is 33.6. The highest BCUT2D eigenvalue weighted by Gasteiger charge is 2.18. The van der Waals surface area contributed by atoms with Crippen LogP contribution >= 0.6 is 0 Å². The molecule has 0 unspecified atom stereocenters. The van der Waals surface area contributed by atoms with Gasteiger partial charge in [-0.1, -0.05) is 140 Å². The normalized spacial score (nSPS) is 12.5. The number of hydrogen-bond acceptors (Lipinski definition) is 0. The van der Waals surface area contributed by atoms with Gasteiger partial charge in [-0.15, -0.1) is 0 Å². The topological polar surface area (TPSA) is 9.86 Å². The van der Waals surface area contributed by atoms with Gasteiger partial charge in [0.2, 0.25) is 0 Å². The number of hydrogen-bond donors (Lipinski definition) is 0. The minimum atomic E-state index is 0.0410. The molecule has 11 aromatic rings. The fourth-order valence-corrected chi connectivity index (χ4v) is 8.29. The smallest absolute Gasteiger partial charge is 0.0645 e. The first-order chi connectivity index (χ1) is 28.0. The molecule has 0 saturated carbocycles. The lowest BCUT2D eigenvalue weighted by Crippen LogP contribution is -1.94. The number of aromatic nitrogens is 2. The minimum Gasteiger partial charge on any atom is -0.309 e. The zero-order chi connectivity index (χ0) is 38.2. The Labute approximate surface area is 317 Å². The van der Waals surface area contributed by atoms with Crippen LogP contribution in [-0.2, 0) is 0 Å². The summed E-state index contributed by atoms with van der Waals surface area (Å²) >= 11 is 0. The number of para-hydroxylation sites is 2. The van der Waals surface area contributed by atoms with Crippen LogP contribution in [0.25, 0.3) is 99.1 Å². The van der Waals surface area contributed by atoms with Crippen molar-refractivity contribution in [3.63, 3.8) is 0 Å². The molecule has 0 N–H and O–H groups in total. The van der Waals surface area contributed by atoms with Crippen LogP contribution in [0.4, 0.5) is 0 Å². The highest BCUT2D eigenvalue weighted by Crippen LogP contribution is 2.42. The Morgan fingerprint density at radius 2 is 0.963 bits per heavy atom. The maximum absolute atomic E-state index is 10.0. The predicted octanol–water partition coefficient (Wildman–Crippen LogP) is 14.0. The van der Waals surface area contributed by atoms with Gasteiger partial charge in [-0.05, 0) is 111 Å². The summed E-state index contributed by atoms with van der Waals surface area (Å²) in [5.41, 5.74) is 11.1. The Morgan fingerprint density at radius 3 is 1.81 bits per heavy atom. The Balaban J connectivity index is 1.16. The molecule has 2 heteroatoms. The molecule has 2 heterocycles. The summed E-state index contributed by atoms with van der Waals surface area (Å²) in [5.74, 6) is 0. The van der Waals surface area contributed by atoms with Gasteiger partial charge in [0.25, 0.3) is 0 Å². The van der Waals surface area contributed by atoms with Crippen LogP contribution in [0, 0.1) is 0 Å². The van der Waals surface area contributed by atoms with Gasteiger partial charge in [-0.2, -0.15) is 0 Å². The number of nitrogens with zero attached hydrogens (tertiary/aromatic N) is 2. The van der Waals surface area contributed by atoms with Crippen molar-refractivity contribution in [3.05, 3.63) is 206 Å². The van der Waals surface area contributed by atoms with Crippen molar-refractivity contribution >= 4 is 54.4 Å². The number of benzene rings is 9. The molecule has 252 valence electrons. The molecule has 0 fully saturated rings. The summed E-state index contributed by atoms with van der Waals surface area (Å²) in [7, 11) is 0. The molecule has 0 atom stereocenters. The van der Waals surface area contributed by atoms with Crippen LogP contribution in [0.5, 0.6) is 0 Å². The van der Waals surface area contributed by atoms with E-state index in [9.17, 15) is 4.11 Å². The SMILES string of the molecule is [2H]c1c(-c2ccc3c(c2)c2ccccc2n3-c2ccc(-c3ccccc3)cc2)c([2H])c2c3c(-c4ccc5ccccc5c4)cccc3n(-c3ccccc3)c2c1[2H]. The van der Waals surface area contributed by atoms with Crippen LogP contribution in [0.2, 0.25) is 0 Å². The second kappa shape index (κ2) is 12.2. The highest BCUT2D eigenvalue weighted by atomic mass is 15.0. The summed E-state index contributed by atoms with van der Waals surface area (Å²) in [5, 5.41) is 6.00. The van der Waals surface area contributed by atoms with Crippen molar-refractivity contribution in [3.8, 4) is 44.8 Å². The summed E-state index contributed by atoms with van der Waals surface area (Å²) in [4.78, 5) is 0. The average molecular weight is 690 g/mol. The Morgan fingerprint density at radius 1 is 0.333 bits per heavy atom. The van der Waals surface area contributed by atoms with Crippen LogP contribution in [0.3, 0.4) is 0 Å². The quantitative estimate of drug-likeness (QED) is 0.170. The molecule has 0 spiro atoms. The van der Waals surface area contributed by atoms with Crippen molar-refractivity contribution < 1.29 is 4.11 Å². The van der Waals surface area contributed by atoms with Gasteiger partial charge < -0.3 is 9.13 Å². The molecular formula is C52H34N2. The molecule has 2 aromatic heterocycles. The van der Waals surface area contributed by atoms with Crippen LogP contribution in [0.1, 0.15) is 4.11 Å². The minimum absolute atomic E-state index is 0.0410. The van der Waals surface area contributed by atoms with Gasteiger partial charge in [0.15, 0.2) is 0 Å². The molecule has 9 aromatic carbocycles. The molecule has 54 heavy (non-hydrogen) atoms. The van der Waals surface area contributed by atoms with Crippen LogP contribution in [0.15, 0.2) is 206 Å². The Kier molecular flexibility index (Phi) is 6.22.